The second-order valence-electron chi connectivity index (χ2n) is 5.47. The van der Waals surface area contributed by atoms with Gasteiger partial charge in [-0.05, 0) is 24.8 Å². The maximum absolute atomic E-state index is 12.4. The molecule has 0 unspecified atom stereocenters. The molecule has 114 valence electrons. The van der Waals surface area contributed by atoms with Crippen molar-refractivity contribution in [2.24, 2.45) is 5.92 Å². The van der Waals surface area contributed by atoms with Gasteiger partial charge < -0.3 is 4.74 Å². The zero-order chi connectivity index (χ0) is 15.6. The summed E-state index contributed by atoms with van der Waals surface area (Å²) in [5, 5.41) is 0.535. The van der Waals surface area contributed by atoms with Gasteiger partial charge in [-0.25, -0.2) is 9.78 Å². The van der Waals surface area contributed by atoms with E-state index in [4.69, 9.17) is 4.74 Å². The minimum Gasteiger partial charge on any atom is -0.461 e. The number of carbonyl (C=O) groups excluding carboxylic acids is 1. The molecule has 0 radical (unpaired) electrons. The molecule has 0 amide bonds. The Hall–Kier alpha value is -1.69. The van der Waals surface area contributed by atoms with Crippen molar-refractivity contribution in [3.63, 3.8) is 0 Å². The van der Waals surface area contributed by atoms with E-state index >= 15 is 0 Å². The van der Waals surface area contributed by atoms with Crippen LogP contribution >= 0.6 is 11.3 Å². The lowest BCUT2D eigenvalue weighted by Crippen LogP contribution is -2.20. The molecular formula is C15H20N2O3S. The number of hydrogen-bond acceptors (Lipinski definition) is 5. The highest BCUT2D eigenvalue weighted by Crippen LogP contribution is 2.27. The first-order chi connectivity index (χ1) is 9.95. The Balaban J connectivity index is 2.44. The van der Waals surface area contributed by atoms with Crippen molar-refractivity contribution in [2.45, 2.75) is 40.7 Å². The van der Waals surface area contributed by atoms with Gasteiger partial charge in [0, 0.05) is 6.54 Å². The highest BCUT2D eigenvalue weighted by molar-refractivity contribution is 7.20. The summed E-state index contributed by atoms with van der Waals surface area (Å²) in [7, 11) is 0. The number of aryl methyl sites for hydroxylation is 2. The van der Waals surface area contributed by atoms with E-state index in [0.29, 0.717) is 33.8 Å². The van der Waals surface area contributed by atoms with Crippen molar-refractivity contribution >= 4 is 27.5 Å². The predicted molar refractivity (Wildman–Crippen MR) is 84.0 cm³/mol. The highest BCUT2D eigenvalue weighted by atomic mass is 32.1. The zero-order valence-corrected chi connectivity index (χ0v) is 13.6. The van der Waals surface area contributed by atoms with E-state index in [9.17, 15) is 9.59 Å². The van der Waals surface area contributed by atoms with Gasteiger partial charge in [0.1, 0.15) is 9.71 Å². The Morgan fingerprint density at radius 2 is 2.19 bits per heavy atom. The molecule has 21 heavy (non-hydrogen) atoms. The van der Waals surface area contributed by atoms with E-state index < -0.39 is 0 Å². The summed E-state index contributed by atoms with van der Waals surface area (Å²) in [4.78, 5) is 29.9. The van der Waals surface area contributed by atoms with Crippen LogP contribution in [0.5, 0.6) is 0 Å². The number of aromatic nitrogens is 2. The molecule has 0 saturated heterocycles. The molecule has 0 N–H and O–H groups in total. The van der Waals surface area contributed by atoms with Crippen LogP contribution < -0.4 is 5.56 Å². The largest absolute Gasteiger partial charge is 0.461 e. The van der Waals surface area contributed by atoms with E-state index in [0.717, 1.165) is 6.42 Å². The fourth-order valence-corrected chi connectivity index (χ4v) is 3.10. The average Bonchev–Trinajstić information content (AvgIpc) is 2.77. The van der Waals surface area contributed by atoms with Crippen LogP contribution in [-0.2, 0) is 11.3 Å². The van der Waals surface area contributed by atoms with Crippen LogP contribution in [0.2, 0.25) is 0 Å². The molecule has 6 heteroatoms. The van der Waals surface area contributed by atoms with Crippen molar-refractivity contribution in [3.8, 4) is 0 Å². The average molecular weight is 308 g/mol. The fraction of sp³-hybridized carbons (Fsp3) is 0.533. The van der Waals surface area contributed by atoms with Crippen LogP contribution in [-0.4, -0.2) is 22.1 Å². The van der Waals surface area contributed by atoms with E-state index in [-0.39, 0.29) is 17.4 Å². The van der Waals surface area contributed by atoms with Gasteiger partial charge in [0.05, 0.1) is 18.3 Å². The van der Waals surface area contributed by atoms with Gasteiger partial charge >= 0.3 is 5.97 Å². The molecule has 2 aromatic heterocycles. The minimum atomic E-state index is -0.370. The number of ether oxygens (including phenoxy) is 1. The van der Waals surface area contributed by atoms with Gasteiger partial charge in [0.25, 0.3) is 5.56 Å². The number of thiophene rings is 1. The lowest BCUT2D eigenvalue weighted by Gasteiger charge is -2.06. The Kier molecular flexibility index (Phi) is 4.77. The highest BCUT2D eigenvalue weighted by Gasteiger charge is 2.20. The molecule has 0 aliphatic rings. The Morgan fingerprint density at radius 3 is 2.81 bits per heavy atom. The molecule has 0 aliphatic heterocycles. The SMILES string of the molecule is CCCn1cnc2sc(C(=O)OCC(C)C)c(C)c2c1=O. The molecule has 0 aliphatic carbocycles. The molecule has 2 rings (SSSR count). The third-order valence-electron chi connectivity index (χ3n) is 3.11. The van der Waals surface area contributed by atoms with Crippen LogP contribution in [0.1, 0.15) is 42.4 Å². The molecule has 2 heterocycles. The maximum Gasteiger partial charge on any atom is 0.348 e. The summed E-state index contributed by atoms with van der Waals surface area (Å²) in [5.74, 6) is -0.0887. The van der Waals surface area contributed by atoms with Crippen molar-refractivity contribution in [1.82, 2.24) is 9.55 Å². The second kappa shape index (κ2) is 6.39. The van der Waals surface area contributed by atoms with Crippen LogP contribution in [0.15, 0.2) is 11.1 Å². The Bertz CT molecular complexity index is 716. The van der Waals surface area contributed by atoms with Crippen LogP contribution in [0.3, 0.4) is 0 Å². The predicted octanol–water partition coefficient (Wildman–Crippen LogP) is 2.99. The summed E-state index contributed by atoms with van der Waals surface area (Å²) < 4.78 is 6.84. The summed E-state index contributed by atoms with van der Waals surface area (Å²) in [5.41, 5.74) is 0.588. The summed E-state index contributed by atoms with van der Waals surface area (Å²) in [6.07, 6.45) is 2.41. The number of hydrogen-bond donors (Lipinski definition) is 0. The minimum absolute atomic E-state index is 0.0847. The first-order valence-electron chi connectivity index (χ1n) is 7.11. The number of carbonyl (C=O) groups is 1. The Labute approximate surface area is 127 Å². The van der Waals surface area contributed by atoms with E-state index in [1.807, 2.05) is 20.8 Å². The van der Waals surface area contributed by atoms with E-state index in [1.165, 1.54) is 11.3 Å². The Morgan fingerprint density at radius 1 is 1.48 bits per heavy atom. The quantitative estimate of drug-likeness (QED) is 0.797. The molecule has 0 saturated carbocycles. The number of rotatable bonds is 5. The van der Waals surface area contributed by atoms with E-state index in [2.05, 4.69) is 4.98 Å². The standard InChI is InChI=1S/C15H20N2O3S/c1-5-6-17-8-16-13-11(14(17)18)10(4)12(21-13)15(19)20-7-9(2)3/h8-9H,5-7H2,1-4H3. The van der Waals surface area contributed by atoms with Gasteiger partial charge in [0.15, 0.2) is 0 Å². The second-order valence-corrected chi connectivity index (χ2v) is 6.47. The number of nitrogens with zero attached hydrogens (tertiary/aromatic N) is 2. The first-order valence-corrected chi connectivity index (χ1v) is 7.93. The van der Waals surface area contributed by atoms with Crippen LogP contribution in [0.4, 0.5) is 0 Å². The first kappa shape index (κ1) is 15.7. The molecule has 2 aromatic rings. The molecule has 0 spiro atoms. The summed E-state index contributed by atoms with van der Waals surface area (Å²) in [6.45, 7) is 8.76. The van der Waals surface area contributed by atoms with Crippen molar-refractivity contribution in [3.05, 3.63) is 27.1 Å². The lowest BCUT2D eigenvalue weighted by atomic mass is 10.2. The van der Waals surface area contributed by atoms with Crippen LogP contribution in [0, 0.1) is 12.8 Å². The molecule has 5 nitrogen and oxygen atoms in total. The monoisotopic (exact) mass is 308 g/mol. The van der Waals surface area contributed by atoms with Gasteiger partial charge in [-0.15, -0.1) is 11.3 Å². The molecule has 0 atom stereocenters. The third-order valence-corrected chi connectivity index (χ3v) is 4.29. The van der Waals surface area contributed by atoms with Crippen molar-refractivity contribution < 1.29 is 9.53 Å². The normalized spacial score (nSPS) is 11.3. The lowest BCUT2D eigenvalue weighted by molar-refractivity contribution is 0.0464. The molecule has 0 bridgehead atoms. The molecular weight excluding hydrogens is 288 g/mol. The third kappa shape index (κ3) is 3.15. The number of fused-ring (bicyclic) bond motifs is 1. The van der Waals surface area contributed by atoms with E-state index in [1.54, 1.807) is 17.8 Å². The van der Waals surface area contributed by atoms with Gasteiger partial charge in [0.2, 0.25) is 0 Å². The zero-order valence-electron chi connectivity index (χ0n) is 12.8. The van der Waals surface area contributed by atoms with Gasteiger partial charge in [-0.3, -0.25) is 9.36 Å². The number of esters is 1. The molecule has 0 fully saturated rings. The van der Waals surface area contributed by atoms with Crippen molar-refractivity contribution in [2.75, 3.05) is 6.61 Å². The van der Waals surface area contributed by atoms with Crippen LogP contribution in [0.25, 0.3) is 10.2 Å². The van der Waals surface area contributed by atoms with Crippen molar-refractivity contribution in [1.29, 1.82) is 0 Å². The smallest absolute Gasteiger partial charge is 0.348 e. The molecule has 0 aromatic carbocycles. The van der Waals surface area contributed by atoms with Gasteiger partial charge in [-0.2, -0.15) is 0 Å². The van der Waals surface area contributed by atoms with Gasteiger partial charge in [-0.1, -0.05) is 20.8 Å². The maximum atomic E-state index is 12.4. The summed E-state index contributed by atoms with van der Waals surface area (Å²) in [6, 6.07) is 0. The fourth-order valence-electron chi connectivity index (χ4n) is 2.06. The summed E-state index contributed by atoms with van der Waals surface area (Å²) >= 11 is 1.23. The topological polar surface area (TPSA) is 61.2 Å².